The third-order valence-corrected chi connectivity index (χ3v) is 5.79. The summed E-state index contributed by atoms with van der Waals surface area (Å²) in [6.45, 7) is 0. The molecule has 1 atom stereocenters. The summed E-state index contributed by atoms with van der Waals surface area (Å²) in [5.74, 6) is -0.626. The van der Waals surface area contributed by atoms with E-state index < -0.39 is 6.17 Å². The van der Waals surface area contributed by atoms with Crippen LogP contribution in [0.2, 0.25) is 0 Å². The smallest absolute Gasteiger partial charge is 0.276 e. The minimum Gasteiger partial charge on any atom is -0.359 e. The van der Waals surface area contributed by atoms with Crippen LogP contribution in [0.1, 0.15) is 31.8 Å². The number of amides is 2. The van der Waals surface area contributed by atoms with Crippen LogP contribution in [0.5, 0.6) is 0 Å². The Bertz CT molecular complexity index is 1210. The van der Waals surface area contributed by atoms with Crippen LogP contribution < -0.4 is 10.7 Å². The highest BCUT2D eigenvalue weighted by Crippen LogP contribution is 2.36. The van der Waals surface area contributed by atoms with Crippen molar-refractivity contribution < 1.29 is 9.59 Å². The molecule has 0 saturated carbocycles. The molecule has 0 spiro atoms. The lowest BCUT2D eigenvalue weighted by molar-refractivity contribution is 0.0494. The summed E-state index contributed by atoms with van der Waals surface area (Å²) in [5, 5.41) is 8.74. The number of hydrogen-bond donors (Lipinski definition) is 2. The van der Waals surface area contributed by atoms with Crippen LogP contribution >= 0.6 is 11.3 Å². The number of carbonyl (C=O) groups excluding carboxylic acids is 2. The van der Waals surface area contributed by atoms with Crippen molar-refractivity contribution in [3.63, 3.8) is 0 Å². The summed E-state index contributed by atoms with van der Waals surface area (Å²) in [6, 6.07) is 18.8. The number of nitrogens with one attached hydrogen (secondary N) is 2. The fraction of sp³-hybridized carbons (Fsp3) is 0.0455. The molecule has 2 N–H and O–H groups in total. The molecule has 1 aliphatic heterocycles. The lowest BCUT2D eigenvalue weighted by Gasteiger charge is -2.37. The van der Waals surface area contributed by atoms with Gasteiger partial charge in [-0.15, -0.1) is 11.3 Å². The SMILES string of the molecule is O=C(NN1C(=O)c2cc3ccccc3cc2NC1c1cccs1)c1ccncc1. The Kier molecular flexibility index (Phi) is 4.22. The van der Waals surface area contributed by atoms with Crippen molar-refractivity contribution in [1.82, 2.24) is 15.4 Å². The monoisotopic (exact) mass is 400 g/mol. The number of hydrogen-bond acceptors (Lipinski definition) is 5. The predicted octanol–water partition coefficient (Wildman–Crippen LogP) is 4.21. The van der Waals surface area contributed by atoms with Gasteiger partial charge in [-0.1, -0.05) is 30.3 Å². The summed E-state index contributed by atoms with van der Waals surface area (Å²) < 4.78 is 0. The van der Waals surface area contributed by atoms with Crippen molar-refractivity contribution in [2.24, 2.45) is 0 Å². The zero-order chi connectivity index (χ0) is 19.8. The predicted molar refractivity (Wildman–Crippen MR) is 113 cm³/mol. The van der Waals surface area contributed by atoms with Gasteiger partial charge in [0.2, 0.25) is 0 Å². The lowest BCUT2D eigenvalue weighted by Crippen LogP contribution is -2.52. The largest absolute Gasteiger partial charge is 0.359 e. The standard InChI is InChI=1S/C22H16N4O2S/c27-21(14-7-9-23-10-8-14)25-26-20(19-6-3-11-29-19)24-18-13-16-5-2-1-4-15(16)12-17(18)22(26)28/h1-13,20,24H,(H,25,27). The van der Waals surface area contributed by atoms with Gasteiger partial charge in [0.05, 0.1) is 5.56 Å². The summed E-state index contributed by atoms with van der Waals surface area (Å²) >= 11 is 1.52. The van der Waals surface area contributed by atoms with E-state index in [1.807, 2.05) is 53.9 Å². The molecule has 0 aliphatic carbocycles. The Hall–Kier alpha value is -3.71. The first-order valence-electron chi connectivity index (χ1n) is 9.08. The highest BCUT2D eigenvalue weighted by atomic mass is 32.1. The van der Waals surface area contributed by atoms with Crippen LogP contribution in [0, 0.1) is 0 Å². The number of fused-ring (bicyclic) bond motifs is 2. The van der Waals surface area contributed by atoms with Crippen LogP contribution in [-0.2, 0) is 0 Å². The molecule has 29 heavy (non-hydrogen) atoms. The van der Waals surface area contributed by atoms with Crippen molar-refractivity contribution in [2.75, 3.05) is 5.32 Å². The molecule has 1 aliphatic rings. The molecule has 7 heteroatoms. The van der Waals surface area contributed by atoms with Gasteiger partial charge in [-0.25, -0.2) is 5.01 Å². The van der Waals surface area contributed by atoms with Gasteiger partial charge in [0, 0.05) is 28.5 Å². The normalized spacial score (nSPS) is 15.7. The maximum absolute atomic E-state index is 13.4. The number of carbonyl (C=O) groups is 2. The zero-order valence-corrected chi connectivity index (χ0v) is 16.0. The highest BCUT2D eigenvalue weighted by Gasteiger charge is 2.35. The van der Waals surface area contributed by atoms with Gasteiger partial charge in [-0.05, 0) is 46.5 Å². The Morgan fingerprint density at radius 2 is 1.79 bits per heavy atom. The van der Waals surface area contributed by atoms with Crippen LogP contribution in [0.3, 0.4) is 0 Å². The molecule has 0 fully saturated rings. The number of benzene rings is 2. The molecule has 2 amide bonds. The second-order valence-corrected chi connectivity index (χ2v) is 7.64. The van der Waals surface area contributed by atoms with Gasteiger partial charge in [0.1, 0.15) is 0 Å². The van der Waals surface area contributed by atoms with Gasteiger partial charge in [0.15, 0.2) is 6.17 Å². The number of nitrogens with zero attached hydrogens (tertiary/aromatic N) is 2. The van der Waals surface area contributed by atoms with Crippen LogP contribution in [0.25, 0.3) is 10.8 Å². The van der Waals surface area contributed by atoms with Crippen LogP contribution in [-0.4, -0.2) is 21.8 Å². The van der Waals surface area contributed by atoms with Gasteiger partial charge >= 0.3 is 0 Å². The maximum atomic E-state index is 13.4. The van der Waals surface area contributed by atoms with E-state index in [1.54, 1.807) is 24.5 Å². The van der Waals surface area contributed by atoms with Gasteiger partial charge in [-0.3, -0.25) is 20.0 Å². The average Bonchev–Trinajstić information content (AvgIpc) is 3.30. The van der Waals surface area contributed by atoms with E-state index in [9.17, 15) is 9.59 Å². The molecule has 6 nitrogen and oxygen atoms in total. The highest BCUT2D eigenvalue weighted by molar-refractivity contribution is 7.10. The van der Waals surface area contributed by atoms with Crippen molar-refractivity contribution in [1.29, 1.82) is 0 Å². The lowest BCUT2D eigenvalue weighted by atomic mass is 10.0. The van der Waals surface area contributed by atoms with Crippen molar-refractivity contribution in [2.45, 2.75) is 6.17 Å². The Balaban J connectivity index is 1.57. The number of aromatic nitrogens is 1. The molecule has 2 aromatic heterocycles. The van der Waals surface area contributed by atoms with E-state index in [4.69, 9.17) is 0 Å². The Morgan fingerprint density at radius 3 is 2.52 bits per heavy atom. The molecule has 2 aromatic carbocycles. The van der Waals surface area contributed by atoms with Crippen LogP contribution in [0.15, 0.2) is 78.4 Å². The molecule has 5 rings (SSSR count). The molecular weight excluding hydrogens is 384 g/mol. The van der Waals surface area contributed by atoms with E-state index >= 15 is 0 Å². The molecule has 0 bridgehead atoms. The van der Waals surface area contributed by atoms with E-state index in [0.717, 1.165) is 21.3 Å². The Morgan fingerprint density at radius 1 is 1.03 bits per heavy atom. The number of hydrazine groups is 1. The summed E-state index contributed by atoms with van der Waals surface area (Å²) in [5.41, 5.74) is 4.48. The Labute approximate surface area is 170 Å². The third kappa shape index (κ3) is 3.11. The minimum absolute atomic E-state index is 0.259. The topological polar surface area (TPSA) is 74.3 Å². The van der Waals surface area contributed by atoms with E-state index in [2.05, 4.69) is 15.7 Å². The summed E-state index contributed by atoms with van der Waals surface area (Å²) in [7, 11) is 0. The van der Waals surface area contributed by atoms with Gasteiger partial charge < -0.3 is 5.32 Å². The third-order valence-electron chi connectivity index (χ3n) is 4.86. The average molecular weight is 400 g/mol. The summed E-state index contributed by atoms with van der Waals surface area (Å²) in [4.78, 5) is 31.0. The molecule has 3 heterocycles. The number of thiophene rings is 1. The van der Waals surface area contributed by atoms with E-state index in [0.29, 0.717) is 11.1 Å². The second kappa shape index (κ2) is 7.03. The first-order valence-corrected chi connectivity index (χ1v) is 9.96. The molecule has 0 radical (unpaired) electrons. The quantitative estimate of drug-likeness (QED) is 0.540. The maximum Gasteiger partial charge on any atom is 0.276 e. The first-order chi connectivity index (χ1) is 14.2. The van der Waals surface area contributed by atoms with Crippen molar-refractivity contribution in [3.8, 4) is 0 Å². The van der Waals surface area contributed by atoms with E-state index in [1.165, 1.54) is 16.3 Å². The van der Waals surface area contributed by atoms with Gasteiger partial charge in [0.25, 0.3) is 11.8 Å². The number of anilines is 1. The number of pyridine rings is 1. The molecule has 142 valence electrons. The molecule has 4 aromatic rings. The van der Waals surface area contributed by atoms with Crippen LogP contribution in [0.4, 0.5) is 5.69 Å². The van der Waals surface area contributed by atoms with Gasteiger partial charge in [-0.2, -0.15) is 0 Å². The van der Waals surface area contributed by atoms with Crippen molar-refractivity contribution in [3.05, 3.63) is 94.4 Å². The second-order valence-electron chi connectivity index (χ2n) is 6.66. The molecular formula is C22H16N4O2S. The summed E-state index contributed by atoms with van der Waals surface area (Å²) in [6.07, 6.45) is 2.59. The van der Waals surface area contributed by atoms with Crippen molar-refractivity contribution >= 4 is 39.6 Å². The fourth-order valence-electron chi connectivity index (χ4n) is 3.43. The number of rotatable bonds is 3. The molecule has 1 unspecified atom stereocenters. The first kappa shape index (κ1) is 17.4. The molecule has 0 saturated heterocycles. The minimum atomic E-state index is -0.498. The fourth-order valence-corrected chi connectivity index (χ4v) is 4.20. The zero-order valence-electron chi connectivity index (χ0n) is 15.2. The van der Waals surface area contributed by atoms with E-state index in [-0.39, 0.29) is 11.8 Å².